The summed E-state index contributed by atoms with van der Waals surface area (Å²) in [6.45, 7) is 4.33. The highest BCUT2D eigenvalue weighted by Gasteiger charge is 2.16. The van der Waals surface area contributed by atoms with Gasteiger partial charge in [0.1, 0.15) is 6.04 Å². The van der Waals surface area contributed by atoms with Crippen LogP contribution >= 0.6 is 11.8 Å². The van der Waals surface area contributed by atoms with Gasteiger partial charge in [-0.2, -0.15) is 0 Å². The zero-order valence-corrected chi connectivity index (χ0v) is 12.0. The van der Waals surface area contributed by atoms with Crippen LogP contribution in [0.3, 0.4) is 0 Å². The topological polar surface area (TPSA) is 38.3 Å². The van der Waals surface area contributed by atoms with Crippen molar-refractivity contribution in [1.82, 2.24) is 5.32 Å². The minimum atomic E-state index is -0.206. The molecule has 0 amide bonds. The van der Waals surface area contributed by atoms with Gasteiger partial charge in [-0.3, -0.25) is 4.79 Å². The van der Waals surface area contributed by atoms with E-state index in [0.29, 0.717) is 6.61 Å². The van der Waals surface area contributed by atoms with Crippen molar-refractivity contribution in [1.29, 1.82) is 0 Å². The van der Waals surface area contributed by atoms with Gasteiger partial charge in [0.15, 0.2) is 0 Å². The molecule has 1 aromatic carbocycles. The molecule has 18 heavy (non-hydrogen) atoms. The average Bonchev–Trinajstić information content (AvgIpc) is 2.37. The second-order valence-electron chi connectivity index (χ2n) is 4.04. The van der Waals surface area contributed by atoms with Crippen LogP contribution in [0.2, 0.25) is 0 Å². The molecule has 0 saturated carbocycles. The lowest BCUT2D eigenvalue weighted by Crippen LogP contribution is -2.36. The summed E-state index contributed by atoms with van der Waals surface area (Å²) in [5.41, 5.74) is 1.26. The standard InChI is InChI=1S/C14H21NO2S/c1-4-17-14(16)13(15-3)9-10-18-12-7-5-11(2)6-8-12/h5-8,13,15H,4,9-10H2,1-3H3. The first-order valence-corrected chi connectivity index (χ1v) is 7.19. The molecule has 1 N–H and O–H groups in total. The minimum Gasteiger partial charge on any atom is -0.465 e. The largest absolute Gasteiger partial charge is 0.465 e. The van der Waals surface area contributed by atoms with Crippen LogP contribution in [0.25, 0.3) is 0 Å². The highest BCUT2D eigenvalue weighted by atomic mass is 32.2. The number of thioether (sulfide) groups is 1. The summed E-state index contributed by atoms with van der Waals surface area (Å²) >= 11 is 1.76. The van der Waals surface area contributed by atoms with Crippen molar-refractivity contribution in [3.63, 3.8) is 0 Å². The predicted octanol–water partition coefficient (Wildman–Crippen LogP) is 2.63. The highest BCUT2D eigenvalue weighted by Crippen LogP contribution is 2.19. The number of esters is 1. The molecular formula is C14H21NO2S. The Morgan fingerprint density at radius 3 is 2.61 bits per heavy atom. The predicted molar refractivity (Wildman–Crippen MR) is 76.0 cm³/mol. The van der Waals surface area contributed by atoms with Crippen molar-refractivity contribution < 1.29 is 9.53 Å². The summed E-state index contributed by atoms with van der Waals surface area (Å²) < 4.78 is 5.00. The molecule has 0 radical (unpaired) electrons. The van der Waals surface area contributed by atoms with Crippen LogP contribution in [0.1, 0.15) is 18.9 Å². The van der Waals surface area contributed by atoms with Crippen molar-refractivity contribution >= 4 is 17.7 Å². The van der Waals surface area contributed by atoms with Crippen LogP contribution in [-0.4, -0.2) is 31.4 Å². The number of hydrogen-bond acceptors (Lipinski definition) is 4. The summed E-state index contributed by atoms with van der Waals surface area (Å²) in [7, 11) is 1.79. The Bertz CT molecular complexity index is 365. The molecule has 0 bridgehead atoms. The second-order valence-corrected chi connectivity index (χ2v) is 5.21. The molecule has 1 atom stereocenters. The van der Waals surface area contributed by atoms with E-state index in [4.69, 9.17) is 4.74 Å². The van der Waals surface area contributed by atoms with Gasteiger partial charge in [0.2, 0.25) is 0 Å². The molecule has 0 fully saturated rings. The number of hydrogen-bond donors (Lipinski definition) is 1. The molecule has 0 aliphatic heterocycles. The number of carbonyl (C=O) groups is 1. The number of aryl methyl sites for hydroxylation is 1. The van der Waals surface area contributed by atoms with Gasteiger partial charge in [0, 0.05) is 10.6 Å². The Morgan fingerprint density at radius 1 is 1.39 bits per heavy atom. The van der Waals surface area contributed by atoms with Crippen LogP contribution in [-0.2, 0) is 9.53 Å². The van der Waals surface area contributed by atoms with E-state index in [9.17, 15) is 4.79 Å². The maximum Gasteiger partial charge on any atom is 0.323 e. The van der Waals surface area contributed by atoms with E-state index in [2.05, 4.69) is 36.5 Å². The Labute approximate surface area is 113 Å². The molecule has 4 heteroatoms. The highest BCUT2D eigenvalue weighted by molar-refractivity contribution is 7.99. The van der Waals surface area contributed by atoms with E-state index in [0.717, 1.165) is 12.2 Å². The van der Waals surface area contributed by atoms with Crippen LogP contribution in [0.15, 0.2) is 29.2 Å². The van der Waals surface area contributed by atoms with E-state index >= 15 is 0 Å². The van der Waals surface area contributed by atoms with Gasteiger partial charge in [-0.05, 0) is 39.4 Å². The van der Waals surface area contributed by atoms with Gasteiger partial charge in [-0.25, -0.2) is 0 Å². The van der Waals surface area contributed by atoms with Gasteiger partial charge in [-0.1, -0.05) is 17.7 Å². The van der Waals surface area contributed by atoms with Gasteiger partial charge in [-0.15, -0.1) is 11.8 Å². The Hall–Kier alpha value is -1.00. The fraction of sp³-hybridized carbons (Fsp3) is 0.500. The Morgan fingerprint density at radius 2 is 2.06 bits per heavy atom. The van der Waals surface area contributed by atoms with Crippen molar-refractivity contribution in [2.24, 2.45) is 0 Å². The Kier molecular flexibility index (Phi) is 6.83. The second kappa shape index (κ2) is 8.16. The normalized spacial score (nSPS) is 12.2. The molecular weight excluding hydrogens is 246 g/mol. The lowest BCUT2D eigenvalue weighted by atomic mass is 10.2. The molecule has 1 unspecified atom stereocenters. The number of likely N-dealkylation sites (N-methyl/N-ethyl adjacent to an activating group) is 1. The third kappa shape index (κ3) is 5.10. The number of carbonyl (C=O) groups excluding carboxylic acids is 1. The molecule has 0 saturated heterocycles. The van der Waals surface area contributed by atoms with E-state index in [-0.39, 0.29) is 12.0 Å². The summed E-state index contributed by atoms with van der Waals surface area (Å²) in [4.78, 5) is 12.8. The quantitative estimate of drug-likeness (QED) is 0.609. The molecule has 0 heterocycles. The molecule has 100 valence electrons. The number of ether oxygens (including phenoxy) is 1. The number of nitrogens with one attached hydrogen (secondary N) is 1. The lowest BCUT2D eigenvalue weighted by molar-refractivity contribution is -0.145. The van der Waals surface area contributed by atoms with Crippen LogP contribution < -0.4 is 5.32 Å². The minimum absolute atomic E-state index is 0.162. The van der Waals surface area contributed by atoms with E-state index in [1.54, 1.807) is 18.8 Å². The van der Waals surface area contributed by atoms with Gasteiger partial charge >= 0.3 is 5.97 Å². The van der Waals surface area contributed by atoms with Crippen molar-refractivity contribution in [3.8, 4) is 0 Å². The molecule has 1 rings (SSSR count). The first-order chi connectivity index (χ1) is 8.67. The third-order valence-electron chi connectivity index (χ3n) is 2.62. The molecule has 0 spiro atoms. The maximum absolute atomic E-state index is 11.6. The van der Waals surface area contributed by atoms with Crippen molar-refractivity contribution in [3.05, 3.63) is 29.8 Å². The smallest absolute Gasteiger partial charge is 0.323 e. The third-order valence-corrected chi connectivity index (χ3v) is 3.66. The Balaban J connectivity index is 2.35. The zero-order valence-electron chi connectivity index (χ0n) is 11.2. The summed E-state index contributed by atoms with van der Waals surface area (Å²) in [5, 5.41) is 2.99. The summed E-state index contributed by atoms with van der Waals surface area (Å²) in [6, 6.07) is 8.21. The van der Waals surface area contributed by atoms with Crippen LogP contribution in [0.5, 0.6) is 0 Å². The fourth-order valence-electron chi connectivity index (χ4n) is 1.55. The fourth-order valence-corrected chi connectivity index (χ4v) is 2.47. The van der Waals surface area contributed by atoms with Gasteiger partial charge in [0.05, 0.1) is 6.61 Å². The SMILES string of the molecule is CCOC(=O)C(CCSc1ccc(C)cc1)NC. The van der Waals surface area contributed by atoms with E-state index in [1.165, 1.54) is 10.5 Å². The van der Waals surface area contributed by atoms with E-state index in [1.807, 2.05) is 6.92 Å². The van der Waals surface area contributed by atoms with Crippen LogP contribution in [0.4, 0.5) is 0 Å². The summed E-state index contributed by atoms with van der Waals surface area (Å²) in [5.74, 6) is 0.734. The molecule has 0 aliphatic carbocycles. The molecule has 0 aromatic heterocycles. The zero-order chi connectivity index (χ0) is 13.4. The lowest BCUT2D eigenvalue weighted by Gasteiger charge is -2.14. The van der Waals surface area contributed by atoms with Gasteiger partial charge in [0.25, 0.3) is 0 Å². The first kappa shape index (κ1) is 15.1. The maximum atomic E-state index is 11.6. The van der Waals surface area contributed by atoms with Crippen molar-refractivity contribution in [2.75, 3.05) is 19.4 Å². The number of rotatable bonds is 7. The van der Waals surface area contributed by atoms with Crippen LogP contribution in [0, 0.1) is 6.92 Å². The molecule has 1 aromatic rings. The van der Waals surface area contributed by atoms with Crippen molar-refractivity contribution in [2.45, 2.75) is 31.2 Å². The summed E-state index contributed by atoms with van der Waals surface area (Å²) in [6.07, 6.45) is 0.772. The van der Waals surface area contributed by atoms with E-state index < -0.39 is 0 Å². The monoisotopic (exact) mass is 267 g/mol. The van der Waals surface area contributed by atoms with Gasteiger partial charge < -0.3 is 10.1 Å². The molecule has 0 aliphatic rings. The number of benzene rings is 1. The first-order valence-electron chi connectivity index (χ1n) is 6.20. The average molecular weight is 267 g/mol. The molecule has 3 nitrogen and oxygen atoms in total.